The van der Waals surface area contributed by atoms with Gasteiger partial charge in [0.15, 0.2) is 0 Å². The number of nitrogens with two attached hydrogens (primary N) is 1. The van der Waals surface area contributed by atoms with Crippen LogP contribution in [0.5, 0.6) is 5.75 Å². The van der Waals surface area contributed by atoms with Crippen molar-refractivity contribution < 1.29 is 4.74 Å². The fourth-order valence-electron chi connectivity index (χ4n) is 2.33. The number of methoxy groups -OCH3 is 1. The van der Waals surface area contributed by atoms with E-state index in [1.807, 2.05) is 18.2 Å². The number of anilines is 1. The predicted molar refractivity (Wildman–Crippen MR) is 71.9 cm³/mol. The highest BCUT2D eigenvalue weighted by molar-refractivity contribution is 6.30. The van der Waals surface area contributed by atoms with Crippen LogP contribution < -0.4 is 15.8 Å². The average molecular weight is 255 g/mol. The molecule has 0 aromatic heterocycles. The molecular formula is C13H19ClN2O. The third-order valence-electron chi connectivity index (χ3n) is 3.32. The number of nitrogens with one attached hydrogen (secondary N) is 1. The van der Waals surface area contributed by atoms with E-state index >= 15 is 0 Å². The Kier molecular flexibility index (Phi) is 4.13. The quantitative estimate of drug-likeness (QED) is 0.872. The standard InChI is InChI=1S/C13H19ClN2O/c1-17-13-7-6-9(14)8-12(13)16-11-5-3-2-4-10(11)15/h6-8,10-11,16H,2-5,15H2,1H3. The van der Waals surface area contributed by atoms with Gasteiger partial charge in [-0.15, -0.1) is 0 Å². The van der Waals surface area contributed by atoms with E-state index in [2.05, 4.69) is 5.32 Å². The fourth-order valence-corrected chi connectivity index (χ4v) is 2.50. The van der Waals surface area contributed by atoms with Crippen LogP contribution in [-0.2, 0) is 0 Å². The minimum absolute atomic E-state index is 0.215. The third-order valence-corrected chi connectivity index (χ3v) is 3.56. The molecule has 3 nitrogen and oxygen atoms in total. The van der Waals surface area contributed by atoms with E-state index in [0.717, 1.165) is 24.3 Å². The molecule has 0 bridgehead atoms. The van der Waals surface area contributed by atoms with E-state index in [1.54, 1.807) is 7.11 Å². The maximum Gasteiger partial charge on any atom is 0.142 e. The van der Waals surface area contributed by atoms with E-state index in [-0.39, 0.29) is 6.04 Å². The van der Waals surface area contributed by atoms with Crippen molar-refractivity contribution in [2.24, 2.45) is 5.73 Å². The number of halogens is 1. The summed E-state index contributed by atoms with van der Waals surface area (Å²) in [6.45, 7) is 0. The zero-order chi connectivity index (χ0) is 12.3. The van der Waals surface area contributed by atoms with Crippen LogP contribution >= 0.6 is 11.6 Å². The smallest absolute Gasteiger partial charge is 0.142 e. The summed E-state index contributed by atoms with van der Waals surface area (Å²) in [4.78, 5) is 0. The summed E-state index contributed by atoms with van der Waals surface area (Å²) in [5.41, 5.74) is 7.05. The minimum Gasteiger partial charge on any atom is -0.495 e. The largest absolute Gasteiger partial charge is 0.495 e. The van der Waals surface area contributed by atoms with Gasteiger partial charge in [0.25, 0.3) is 0 Å². The summed E-state index contributed by atoms with van der Waals surface area (Å²) in [6.07, 6.45) is 4.65. The highest BCUT2D eigenvalue weighted by Gasteiger charge is 2.22. The lowest BCUT2D eigenvalue weighted by atomic mass is 9.91. The Balaban J connectivity index is 2.13. The first-order valence-corrected chi connectivity index (χ1v) is 6.44. The lowest BCUT2D eigenvalue weighted by Crippen LogP contribution is -2.42. The van der Waals surface area contributed by atoms with Crippen molar-refractivity contribution in [2.75, 3.05) is 12.4 Å². The molecule has 0 amide bonds. The molecule has 1 fully saturated rings. The summed E-state index contributed by atoms with van der Waals surface area (Å²) < 4.78 is 5.32. The number of rotatable bonds is 3. The number of hydrogen-bond donors (Lipinski definition) is 2. The molecule has 0 spiro atoms. The zero-order valence-corrected chi connectivity index (χ0v) is 10.8. The Morgan fingerprint density at radius 1 is 1.35 bits per heavy atom. The van der Waals surface area contributed by atoms with Crippen LogP contribution in [0.15, 0.2) is 18.2 Å². The number of hydrogen-bond acceptors (Lipinski definition) is 3. The minimum atomic E-state index is 0.215. The molecule has 94 valence electrons. The second-order valence-corrected chi connectivity index (χ2v) is 4.98. The molecule has 0 radical (unpaired) electrons. The molecular weight excluding hydrogens is 236 g/mol. The van der Waals surface area contributed by atoms with Gasteiger partial charge in [0.2, 0.25) is 0 Å². The van der Waals surface area contributed by atoms with E-state index in [0.29, 0.717) is 11.1 Å². The topological polar surface area (TPSA) is 47.3 Å². The molecule has 3 N–H and O–H groups in total. The molecule has 2 unspecified atom stereocenters. The highest BCUT2D eigenvalue weighted by Crippen LogP contribution is 2.30. The Hall–Kier alpha value is -0.930. The molecule has 1 aliphatic rings. The van der Waals surface area contributed by atoms with Crippen LogP contribution in [0.25, 0.3) is 0 Å². The SMILES string of the molecule is COc1ccc(Cl)cc1NC1CCCCC1N. The predicted octanol–water partition coefficient (Wildman–Crippen LogP) is 3.03. The van der Waals surface area contributed by atoms with Crippen molar-refractivity contribution in [3.63, 3.8) is 0 Å². The summed E-state index contributed by atoms with van der Waals surface area (Å²) in [7, 11) is 1.66. The maximum atomic E-state index is 6.12. The lowest BCUT2D eigenvalue weighted by molar-refractivity contribution is 0.396. The monoisotopic (exact) mass is 254 g/mol. The molecule has 0 saturated heterocycles. The number of ether oxygens (including phenoxy) is 1. The second-order valence-electron chi connectivity index (χ2n) is 4.54. The van der Waals surface area contributed by atoms with Crippen LogP contribution in [-0.4, -0.2) is 19.2 Å². The van der Waals surface area contributed by atoms with Crippen LogP contribution in [0.1, 0.15) is 25.7 Å². The van der Waals surface area contributed by atoms with Crippen molar-refractivity contribution in [3.8, 4) is 5.75 Å². The van der Waals surface area contributed by atoms with Crippen molar-refractivity contribution in [3.05, 3.63) is 23.2 Å². The molecule has 1 aromatic rings. The van der Waals surface area contributed by atoms with Gasteiger partial charge in [0.1, 0.15) is 5.75 Å². The first kappa shape index (κ1) is 12.5. The van der Waals surface area contributed by atoms with Gasteiger partial charge in [0, 0.05) is 17.1 Å². The average Bonchev–Trinajstić information content (AvgIpc) is 2.32. The van der Waals surface area contributed by atoms with Crippen LogP contribution in [0, 0.1) is 0 Å². The highest BCUT2D eigenvalue weighted by atomic mass is 35.5. The normalized spacial score (nSPS) is 24.4. The molecule has 2 atom stereocenters. The number of benzene rings is 1. The molecule has 4 heteroatoms. The Morgan fingerprint density at radius 3 is 2.82 bits per heavy atom. The van der Waals surface area contributed by atoms with Crippen molar-refractivity contribution in [1.82, 2.24) is 0 Å². The second kappa shape index (κ2) is 5.61. The zero-order valence-electron chi connectivity index (χ0n) is 10.1. The van der Waals surface area contributed by atoms with Gasteiger partial charge in [-0.2, -0.15) is 0 Å². The summed E-state index contributed by atoms with van der Waals surface area (Å²) in [5.74, 6) is 0.812. The van der Waals surface area contributed by atoms with Crippen molar-refractivity contribution >= 4 is 17.3 Å². The van der Waals surface area contributed by atoms with Crippen LogP contribution in [0.4, 0.5) is 5.69 Å². The Morgan fingerprint density at radius 2 is 2.12 bits per heavy atom. The van der Waals surface area contributed by atoms with Crippen LogP contribution in [0.3, 0.4) is 0 Å². The summed E-state index contributed by atoms with van der Waals surface area (Å²) in [5, 5.41) is 4.16. The molecule has 0 heterocycles. The van der Waals surface area contributed by atoms with E-state index < -0.39 is 0 Å². The maximum absolute atomic E-state index is 6.12. The van der Waals surface area contributed by atoms with Gasteiger partial charge >= 0.3 is 0 Å². The summed E-state index contributed by atoms with van der Waals surface area (Å²) >= 11 is 6.00. The molecule has 0 aliphatic heterocycles. The van der Waals surface area contributed by atoms with Gasteiger partial charge < -0.3 is 15.8 Å². The molecule has 17 heavy (non-hydrogen) atoms. The van der Waals surface area contributed by atoms with Crippen molar-refractivity contribution in [1.29, 1.82) is 0 Å². The molecule has 2 rings (SSSR count). The van der Waals surface area contributed by atoms with Gasteiger partial charge in [-0.25, -0.2) is 0 Å². The Bertz CT molecular complexity index is 384. The van der Waals surface area contributed by atoms with Crippen molar-refractivity contribution in [2.45, 2.75) is 37.8 Å². The lowest BCUT2D eigenvalue weighted by Gasteiger charge is -2.30. The molecule has 1 aliphatic carbocycles. The van der Waals surface area contributed by atoms with Crippen LogP contribution in [0.2, 0.25) is 5.02 Å². The van der Waals surface area contributed by atoms with E-state index in [4.69, 9.17) is 22.1 Å². The van der Waals surface area contributed by atoms with Gasteiger partial charge in [-0.3, -0.25) is 0 Å². The summed E-state index contributed by atoms with van der Waals surface area (Å²) in [6, 6.07) is 6.12. The first-order valence-electron chi connectivity index (χ1n) is 6.06. The first-order chi connectivity index (χ1) is 8.20. The Labute approximate surface area is 107 Å². The van der Waals surface area contributed by atoms with Gasteiger partial charge in [-0.05, 0) is 31.0 Å². The molecule has 1 aromatic carbocycles. The van der Waals surface area contributed by atoms with E-state index in [9.17, 15) is 0 Å². The van der Waals surface area contributed by atoms with Gasteiger partial charge in [-0.1, -0.05) is 24.4 Å². The van der Waals surface area contributed by atoms with Gasteiger partial charge in [0.05, 0.1) is 12.8 Å². The molecule has 1 saturated carbocycles. The fraction of sp³-hybridized carbons (Fsp3) is 0.538. The third kappa shape index (κ3) is 3.05. The van der Waals surface area contributed by atoms with E-state index in [1.165, 1.54) is 12.8 Å².